The summed E-state index contributed by atoms with van der Waals surface area (Å²) in [6.45, 7) is 3.41. The van der Waals surface area contributed by atoms with Crippen LogP contribution in [0.3, 0.4) is 0 Å². The number of carbonyl (C=O) groups excluding carboxylic acids is 1. The molecule has 0 aliphatic carbocycles. The maximum absolute atomic E-state index is 11.1. The Morgan fingerprint density at radius 3 is 3.00 bits per heavy atom. The van der Waals surface area contributed by atoms with Crippen molar-refractivity contribution in [3.05, 3.63) is 43.1 Å². The van der Waals surface area contributed by atoms with Crippen LogP contribution < -0.4 is 5.32 Å². The van der Waals surface area contributed by atoms with Gasteiger partial charge in [-0.05, 0) is 30.3 Å². The lowest BCUT2D eigenvalue weighted by molar-refractivity contribution is -0.111. The average Bonchev–Trinajstić information content (AvgIpc) is 2.60. The fraction of sp³-hybridized carbons (Fsp3) is 0.0833. The van der Waals surface area contributed by atoms with Gasteiger partial charge in [-0.2, -0.15) is 0 Å². The van der Waals surface area contributed by atoms with Crippen LogP contribution in [0, 0.1) is 0 Å². The number of hydrogen-bond acceptors (Lipinski definition) is 1. The predicted molar refractivity (Wildman–Crippen MR) is 61.7 cm³/mol. The highest BCUT2D eigenvalue weighted by Crippen LogP contribution is 2.19. The molecule has 76 valence electrons. The highest BCUT2D eigenvalue weighted by molar-refractivity contribution is 6.00. The maximum Gasteiger partial charge on any atom is 0.247 e. The van der Waals surface area contributed by atoms with Crippen LogP contribution in [0.4, 0.5) is 5.69 Å². The minimum atomic E-state index is -0.190. The largest absolute Gasteiger partial charge is 0.351 e. The predicted octanol–water partition coefficient (Wildman–Crippen LogP) is 2.30. The van der Waals surface area contributed by atoms with Crippen molar-refractivity contribution in [3.8, 4) is 0 Å². The molecule has 2 rings (SSSR count). The molecule has 3 heteroatoms. The lowest BCUT2D eigenvalue weighted by Gasteiger charge is -2.02. The van der Waals surface area contributed by atoms with E-state index in [0.29, 0.717) is 0 Å². The van der Waals surface area contributed by atoms with Crippen LogP contribution in [0.1, 0.15) is 0 Å². The number of nitrogens with one attached hydrogen (secondary N) is 1. The fourth-order valence-electron chi connectivity index (χ4n) is 1.55. The molecule has 0 radical (unpaired) electrons. The number of fused-ring (bicyclic) bond motifs is 1. The van der Waals surface area contributed by atoms with Crippen LogP contribution in [-0.4, -0.2) is 10.5 Å². The van der Waals surface area contributed by atoms with Gasteiger partial charge in [0.15, 0.2) is 0 Å². The number of aromatic nitrogens is 1. The van der Waals surface area contributed by atoms with E-state index >= 15 is 0 Å². The number of benzene rings is 1. The van der Waals surface area contributed by atoms with Gasteiger partial charge in [0, 0.05) is 29.8 Å². The van der Waals surface area contributed by atoms with Gasteiger partial charge >= 0.3 is 0 Å². The number of aryl methyl sites for hydroxylation is 1. The van der Waals surface area contributed by atoms with Gasteiger partial charge in [-0.3, -0.25) is 4.79 Å². The Hall–Kier alpha value is -2.03. The molecule has 2 aromatic rings. The van der Waals surface area contributed by atoms with E-state index in [1.165, 1.54) is 6.08 Å². The molecule has 1 aromatic carbocycles. The highest BCUT2D eigenvalue weighted by Gasteiger charge is 2.00. The third-order valence-corrected chi connectivity index (χ3v) is 2.34. The zero-order chi connectivity index (χ0) is 10.8. The van der Waals surface area contributed by atoms with Crippen LogP contribution in [0.25, 0.3) is 10.9 Å². The summed E-state index contributed by atoms with van der Waals surface area (Å²) in [6, 6.07) is 7.81. The van der Waals surface area contributed by atoms with Gasteiger partial charge in [-0.1, -0.05) is 6.58 Å². The zero-order valence-electron chi connectivity index (χ0n) is 8.53. The molecule has 0 atom stereocenters. The van der Waals surface area contributed by atoms with Crippen molar-refractivity contribution in [2.24, 2.45) is 7.05 Å². The van der Waals surface area contributed by atoms with E-state index in [2.05, 4.69) is 11.9 Å². The van der Waals surface area contributed by atoms with Crippen LogP contribution >= 0.6 is 0 Å². The lowest BCUT2D eigenvalue weighted by Crippen LogP contribution is -2.06. The topological polar surface area (TPSA) is 34.0 Å². The molecular weight excluding hydrogens is 188 g/mol. The van der Waals surface area contributed by atoms with Crippen molar-refractivity contribution in [2.45, 2.75) is 0 Å². The van der Waals surface area contributed by atoms with E-state index in [4.69, 9.17) is 0 Å². The summed E-state index contributed by atoms with van der Waals surface area (Å²) in [7, 11) is 1.99. The highest BCUT2D eigenvalue weighted by atomic mass is 16.1. The summed E-state index contributed by atoms with van der Waals surface area (Å²) >= 11 is 0. The Balaban J connectivity index is 2.39. The minimum absolute atomic E-state index is 0.190. The van der Waals surface area contributed by atoms with Crippen molar-refractivity contribution in [1.82, 2.24) is 4.57 Å². The van der Waals surface area contributed by atoms with Gasteiger partial charge in [0.2, 0.25) is 5.91 Å². The standard InChI is InChI=1S/C12H12N2O/c1-3-12(15)13-10-4-5-11-9(8-10)6-7-14(11)2/h3-8H,1H2,2H3,(H,13,15). The van der Waals surface area contributed by atoms with Crippen molar-refractivity contribution in [3.63, 3.8) is 0 Å². The summed E-state index contributed by atoms with van der Waals surface area (Å²) in [4.78, 5) is 11.1. The van der Waals surface area contributed by atoms with E-state index in [1.807, 2.05) is 42.1 Å². The molecule has 0 saturated carbocycles. The van der Waals surface area contributed by atoms with Gasteiger partial charge in [-0.25, -0.2) is 0 Å². The van der Waals surface area contributed by atoms with E-state index < -0.39 is 0 Å². The fourth-order valence-corrected chi connectivity index (χ4v) is 1.55. The van der Waals surface area contributed by atoms with E-state index in [1.54, 1.807) is 0 Å². The number of nitrogens with zero attached hydrogens (tertiary/aromatic N) is 1. The van der Waals surface area contributed by atoms with Crippen molar-refractivity contribution in [2.75, 3.05) is 5.32 Å². The molecule has 0 fully saturated rings. The average molecular weight is 200 g/mol. The molecule has 0 aliphatic rings. The second-order valence-electron chi connectivity index (χ2n) is 3.39. The third kappa shape index (κ3) is 1.76. The first-order chi connectivity index (χ1) is 7.20. The molecule has 0 aliphatic heterocycles. The van der Waals surface area contributed by atoms with Crippen LogP contribution in [0.15, 0.2) is 43.1 Å². The van der Waals surface area contributed by atoms with Gasteiger partial charge in [0.1, 0.15) is 0 Å². The SMILES string of the molecule is C=CC(=O)Nc1ccc2c(ccn2C)c1. The normalized spacial score (nSPS) is 10.2. The molecule has 1 N–H and O–H groups in total. The Morgan fingerprint density at radius 2 is 2.27 bits per heavy atom. The van der Waals surface area contributed by atoms with Crippen molar-refractivity contribution >= 4 is 22.5 Å². The van der Waals surface area contributed by atoms with E-state index in [0.717, 1.165) is 16.6 Å². The first-order valence-electron chi connectivity index (χ1n) is 4.69. The molecule has 1 aromatic heterocycles. The Bertz CT molecular complexity index is 525. The van der Waals surface area contributed by atoms with Crippen LogP contribution in [0.5, 0.6) is 0 Å². The summed E-state index contributed by atoms with van der Waals surface area (Å²) in [5.41, 5.74) is 1.94. The zero-order valence-corrected chi connectivity index (χ0v) is 8.53. The first-order valence-corrected chi connectivity index (χ1v) is 4.69. The first kappa shape index (κ1) is 9.52. The van der Waals surface area contributed by atoms with E-state index in [9.17, 15) is 4.79 Å². The summed E-state index contributed by atoms with van der Waals surface area (Å²) in [5, 5.41) is 3.84. The van der Waals surface area contributed by atoms with Gasteiger partial charge < -0.3 is 9.88 Å². The summed E-state index contributed by atoms with van der Waals surface area (Å²) in [5.74, 6) is -0.190. The van der Waals surface area contributed by atoms with Crippen LogP contribution in [0.2, 0.25) is 0 Å². The number of rotatable bonds is 2. The maximum atomic E-state index is 11.1. The monoisotopic (exact) mass is 200 g/mol. The van der Waals surface area contributed by atoms with Gasteiger partial charge in [0.05, 0.1) is 0 Å². The quantitative estimate of drug-likeness (QED) is 0.741. The van der Waals surface area contributed by atoms with Gasteiger partial charge in [0.25, 0.3) is 0 Å². The Morgan fingerprint density at radius 1 is 1.47 bits per heavy atom. The molecule has 0 bridgehead atoms. The molecule has 15 heavy (non-hydrogen) atoms. The molecule has 0 unspecified atom stereocenters. The molecule has 3 nitrogen and oxygen atoms in total. The lowest BCUT2D eigenvalue weighted by atomic mass is 10.2. The Labute approximate surface area is 88.0 Å². The molecule has 1 heterocycles. The second-order valence-corrected chi connectivity index (χ2v) is 3.39. The Kier molecular flexibility index (Phi) is 2.29. The minimum Gasteiger partial charge on any atom is -0.351 e. The van der Waals surface area contributed by atoms with E-state index in [-0.39, 0.29) is 5.91 Å². The summed E-state index contributed by atoms with van der Waals surface area (Å²) in [6.07, 6.45) is 3.25. The smallest absolute Gasteiger partial charge is 0.247 e. The van der Waals surface area contributed by atoms with Crippen molar-refractivity contribution in [1.29, 1.82) is 0 Å². The molecule has 1 amide bonds. The third-order valence-electron chi connectivity index (χ3n) is 2.34. The second kappa shape index (κ2) is 3.61. The number of hydrogen-bond donors (Lipinski definition) is 1. The molecule has 0 saturated heterocycles. The number of carbonyl (C=O) groups is 1. The number of amides is 1. The van der Waals surface area contributed by atoms with Crippen molar-refractivity contribution < 1.29 is 4.79 Å². The molecule has 0 spiro atoms. The number of anilines is 1. The van der Waals surface area contributed by atoms with Gasteiger partial charge in [-0.15, -0.1) is 0 Å². The molecular formula is C12H12N2O. The summed E-state index contributed by atoms with van der Waals surface area (Å²) < 4.78 is 2.04. The van der Waals surface area contributed by atoms with Crippen LogP contribution in [-0.2, 0) is 11.8 Å².